The molecule has 0 saturated heterocycles. The summed E-state index contributed by atoms with van der Waals surface area (Å²) < 4.78 is 7.18. The van der Waals surface area contributed by atoms with Crippen molar-refractivity contribution < 1.29 is 9.53 Å². The molecule has 0 saturated carbocycles. The number of aromatic nitrogens is 1. The number of fused-ring (bicyclic) bond motifs is 1. The Bertz CT molecular complexity index is 1530. The quantitative estimate of drug-likeness (QED) is 0.558. The standard InChI is InChI=1S/C24H17Cl2N3O3S/c1-2-32-24(31)19-20(28)15(12-27)21(14-8-4-6-10-17(14)26)29-22(30)18(33-23(19)29)11-13-7-3-5-9-16(13)25/h3-11,21H,2,28H2,1H3/b18-11+. The molecule has 0 radical (unpaired) electrons. The van der Waals surface area contributed by atoms with E-state index in [2.05, 4.69) is 6.07 Å². The van der Waals surface area contributed by atoms with Crippen LogP contribution in [0.1, 0.15) is 24.1 Å². The van der Waals surface area contributed by atoms with Crippen molar-refractivity contribution >= 4 is 52.2 Å². The van der Waals surface area contributed by atoms with E-state index in [0.29, 0.717) is 25.7 Å². The summed E-state index contributed by atoms with van der Waals surface area (Å²) in [5.41, 5.74) is 7.08. The minimum Gasteiger partial charge on any atom is -0.462 e. The van der Waals surface area contributed by atoms with Crippen LogP contribution in [0.4, 0.5) is 0 Å². The number of hydrogen-bond donors (Lipinski definition) is 1. The largest absolute Gasteiger partial charge is 0.462 e. The lowest BCUT2D eigenvalue weighted by Gasteiger charge is -2.25. The molecule has 2 N–H and O–H groups in total. The molecule has 1 unspecified atom stereocenters. The van der Waals surface area contributed by atoms with Crippen molar-refractivity contribution in [1.29, 1.82) is 5.26 Å². The van der Waals surface area contributed by atoms with E-state index >= 15 is 0 Å². The second-order valence-electron chi connectivity index (χ2n) is 7.07. The summed E-state index contributed by atoms with van der Waals surface area (Å²) in [4.78, 5) is 26.5. The van der Waals surface area contributed by atoms with Crippen molar-refractivity contribution in [3.8, 4) is 6.07 Å². The molecule has 1 aliphatic heterocycles. The van der Waals surface area contributed by atoms with E-state index in [9.17, 15) is 14.9 Å². The number of nitrogens with zero attached hydrogens (tertiary/aromatic N) is 2. The first-order valence-electron chi connectivity index (χ1n) is 9.92. The van der Waals surface area contributed by atoms with Crippen LogP contribution >= 0.6 is 34.5 Å². The molecule has 1 aliphatic rings. The van der Waals surface area contributed by atoms with Gasteiger partial charge in [0.25, 0.3) is 5.56 Å². The Labute approximate surface area is 203 Å². The van der Waals surface area contributed by atoms with Gasteiger partial charge >= 0.3 is 5.97 Å². The number of carbonyl (C=O) groups excluding carboxylic acids is 1. The number of rotatable bonds is 4. The highest BCUT2D eigenvalue weighted by Gasteiger charge is 2.35. The lowest BCUT2D eigenvalue weighted by atomic mass is 9.93. The fourth-order valence-corrected chi connectivity index (χ4v) is 5.27. The molecule has 6 nitrogen and oxygen atoms in total. The van der Waals surface area contributed by atoms with Crippen LogP contribution in [0.2, 0.25) is 10.0 Å². The molecule has 0 bridgehead atoms. The zero-order valence-corrected chi connectivity index (χ0v) is 19.7. The third-order valence-corrected chi connectivity index (χ3v) is 6.95. The van der Waals surface area contributed by atoms with Crippen LogP contribution in [-0.4, -0.2) is 17.1 Å². The number of allylic oxidation sites excluding steroid dienone is 1. The molecule has 0 amide bonds. The molecule has 1 aromatic heterocycles. The van der Waals surface area contributed by atoms with Crippen molar-refractivity contribution in [3.63, 3.8) is 0 Å². The predicted molar refractivity (Wildman–Crippen MR) is 129 cm³/mol. The predicted octanol–water partition coefficient (Wildman–Crippen LogP) is 3.10. The summed E-state index contributed by atoms with van der Waals surface area (Å²) in [5, 5.41) is 10.8. The Hall–Kier alpha value is -3.31. The number of halogens is 2. The molecule has 0 fully saturated rings. The lowest BCUT2D eigenvalue weighted by molar-refractivity contribution is -0.136. The molecular formula is C24H17Cl2N3O3S. The van der Waals surface area contributed by atoms with Crippen molar-refractivity contribution in [3.05, 3.63) is 101 Å². The Morgan fingerprint density at radius 2 is 1.88 bits per heavy atom. The highest BCUT2D eigenvalue weighted by atomic mass is 35.5. The van der Waals surface area contributed by atoms with E-state index in [0.717, 1.165) is 11.3 Å². The van der Waals surface area contributed by atoms with E-state index in [1.54, 1.807) is 61.5 Å². The van der Waals surface area contributed by atoms with Crippen LogP contribution in [-0.2, 0) is 9.53 Å². The summed E-state index contributed by atoms with van der Waals surface area (Å²) in [6, 6.07) is 15.2. The SMILES string of the molecule is CCOC(=O)C1=c2s/c(=C/c3ccccc3Cl)c(=O)n2C(c2ccccc2Cl)C(C#N)=C1N. The van der Waals surface area contributed by atoms with Crippen LogP contribution in [0.3, 0.4) is 0 Å². The van der Waals surface area contributed by atoms with Crippen LogP contribution in [0.5, 0.6) is 0 Å². The average molecular weight is 498 g/mol. The molecule has 9 heteroatoms. The zero-order valence-electron chi connectivity index (χ0n) is 17.3. The maximum Gasteiger partial charge on any atom is 0.343 e. The number of esters is 1. The van der Waals surface area contributed by atoms with E-state index in [4.69, 9.17) is 33.7 Å². The normalized spacial score (nSPS) is 15.9. The Kier molecular flexibility index (Phi) is 6.43. The van der Waals surface area contributed by atoms with Crippen LogP contribution in [0.25, 0.3) is 11.6 Å². The molecule has 33 heavy (non-hydrogen) atoms. The van der Waals surface area contributed by atoms with Crippen LogP contribution in [0, 0.1) is 11.3 Å². The van der Waals surface area contributed by atoms with E-state index in [1.165, 1.54) is 4.57 Å². The van der Waals surface area contributed by atoms with Gasteiger partial charge in [-0.15, -0.1) is 11.3 Å². The summed E-state index contributed by atoms with van der Waals surface area (Å²) in [6.07, 6.45) is 1.65. The number of benzene rings is 2. The maximum atomic E-state index is 13.6. The topological polar surface area (TPSA) is 98.1 Å². The Balaban J connectivity index is 2.14. The number of nitrogens with two attached hydrogens (primary N) is 1. The third kappa shape index (κ3) is 3.98. The monoisotopic (exact) mass is 497 g/mol. The number of nitriles is 1. The molecule has 1 atom stereocenters. The van der Waals surface area contributed by atoms with Gasteiger partial charge in [0.2, 0.25) is 0 Å². The molecule has 0 aliphatic carbocycles. The molecule has 166 valence electrons. The van der Waals surface area contributed by atoms with Gasteiger partial charge in [-0.1, -0.05) is 59.6 Å². The summed E-state index contributed by atoms with van der Waals surface area (Å²) in [7, 11) is 0. The van der Waals surface area contributed by atoms with E-state index in [1.807, 2.05) is 0 Å². The second-order valence-corrected chi connectivity index (χ2v) is 8.92. The highest BCUT2D eigenvalue weighted by Crippen LogP contribution is 2.34. The zero-order chi connectivity index (χ0) is 23.7. The van der Waals surface area contributed by atoms with Crippen molar-refractivity contribution in [2.75, 3.05) is 6.61 Å². The lowest BCUT2D eigenvalue weighted by Crippen LogP contribution is -2.41. The number of thiazole rings is 1. The van der Waals surface area contributed by atoms with Gasteiger partial charge in [-0.25, -0.2) is 4.79 Å². The van der Waals surface area contributed by atoms with Gasteiger partial charge in [0.05, 0.1) is 28.5 Å². The Morgan fingerprint density at radius 3 is 2.52 bits per heavy atom. The van der Waals surface area contributed by atoms with E-state index in [-0.39, 0.29) is 28.1 Å². The van der Waals surface area contributed by atoms with Gasteiger partial charge in [0, 0.05) is 10.0 Å². The summed E-state index contributed by atoms with van der Waals surface area (Å²) in [5.74, 6) is -0.709. The van der Waals surface area contributed by atoms with Gasteiger partial charge in [0.15, 0.2) is 0 Å². The third-order valence-electron chi connectivity index (χ3n) is 5.15. The highest BCUT2D eigenvalue weighted by molar-refractivity contribution is 7.07. The molecule has 2 aromatic carbocycles. The van der Waals surface area contributed by atoms with Gasteiger partial charge in [-0.05, 0) is 36.3 Å². The van der Waals surface area contributed by atoms with Crippen LogP contribution in [0.15, 0.2) is 64.6 Å². The summed E-state index contributed by atoms with van der Waals surface area (Å²) >= 11 is 13.8. The number of carbonyl (C=O) groups is 1. The second kappa shape index (κ2) is 9.28. The minimum absolute atomic E-state index is 0.0161. The summed E-state index contributed by atoms with van der Waals surface area (Å²) in [6.45, 7) is 1.77. The maximum absolute atomic E-state index is 13.6. The molecule has 3 aromatic rings. The first-order valence-corrected chi connectivity index (χ1v) is 11.5. The minimum atomic E-state index is -0.894. The fraction of sp³-hybridized carbons (Fsp3) is 0.125. The first kappa shape index (κ1) is 22.9. The van der Waals surface area contributed by atoms with Crippen LogP contribution < -0.4 is 20.5 Å². The first-order chi connectivity index (χ1) is 15.9. The molecule has 4 rings (SSSR count). The molecule has 2 heterocycles. The number of hydrogen-bond acceptors (Lipinski definition) is 6. The van der Waals surface area contributed by atoms with Crippen molar-refractivity contribution in [2.45, 2.75) is 13.0 Å². The molecule has 0 spiro atoms. The van der Waals surface area contributed by atoms with Gasteiger partial charge < -0.3 is 10.5 Å². The fourth-order valence-electron chi connectivity index (χ4n) is 3.68. The average Bonchev–Trinajstić information content (AvgIpc) is 3.10. The van der Waals surface area contributed by atoms with Crippen molar-refractivity contribution in [2.24, 2.45) is 5.73 Å². The van der Waals surface area contributed by atoms with Crippen molar-refractivity contribution in [1.82, 2.24) is 4.57 Å². The van der Waals surface area contributed by atoms with Gasteiger partial charge in [0.1, 0.15) is 16.3 Å². The Morgan fingerprint density at radius 1 is 1.21 bits per heavy atom. The van der Waals surface area contributed by atoms with Gasteiger partial charge in [-0.3, -0.25) is 9.36 Å². The smallest absolute Gasteiger partial charge is 0.343 e. The van der Waals surface area contributed by atoms with Gasteiger partial charge in [-0.2, -0.15) is 5.26 Å². The molecular weight excluding hydrogens is 481 g/mol. The van der Waals surface area contributed by atoms with E-state index < -0.39 is 17.6 Å². The number of ether oxygens (including phenoxy) is 1.